The third kappa shape index (κ3) is 3.43. The topological polar surface area (TPSA) is 82.5 Å². The summed E-state index contributed by atoms with van der Waals surface area (Å²) in [5.41, 5.74) is 0.509. The highest BCUT2D eigenvalue weighted by Gasteiger charge is 2.20. The molecule has 0 spiro atoms. The van der Waals surface area contributed by atoms with Gasteiger partial charge in [0, 0.05) is 25.8 Å². The summed E-state index contributed by atoms with van der Waals surface area (Å²) in [5.74, 6) is -0.504. The number of nitrogens with one attached hydrogen (secondary N) is 1. The molecule has 1 fully saturated rings. The van der Waals surface area contributed by atoms with Crippen LogP contribution in [0.5, 0.6) is 0 Å². The van der Waals surface area contributed by atoms with Crippen LogP contribution in [-0.4, -0.2) is 41.6 Å². The summed E-state index contributed by atoms with van der Waals surface area (Å²) < 4.78 is 0. The lowest BCUT2D eigenvalue weighted by Gasteiger charge is -2.19. The van der Waals surface area contributed by atoms with Crippen LogP contribution in [-0.2, 0) is 4.79 Å². The lowest BCUT2D eigenvalue weighted by molar-refractivity contribution is -0.136. The van der Waals surface area contributed by atoms with E-state index in [0.717, 1.165) is 25.9 Å². The van der Waals surface area contributed by atoms with Crippen molar-refractivity contribution in [2.45, 2.75) is 19.3 Å². The smallest absolute Gasteiger partial charge is 0.305 e. The fourth-order valence-electron chi connectivity index (χ4n) is 2.13. The Hall–Kier alpha value is -2.11. The van der Waals surface area contributed by atoms with Gasteiger partial charge in [-0.25, -0.2) is 4.98 Å². The predicted octanol–water partition coefficient (Wildman–Crippen LogP) is 0.886. The maximum atomic E-state index is 12.0. The van der Waals surface area contributed by atoms with Crippen molar-refractivity contribution in [3.8, 4) is 0 Å². The standard InChI is InChI=1S/C13H17N3O3/c17-11(18)5-7-15-13(19)10-4-3-6-14-12(10)16-8-1-2-9-16/h3-4,6H,1-2,5,7-9H2,(H,15,19)(H,17,18). The SMILES string of the molecule is O=C(O)CCNC(=O)c1cccnc1N1CCCC1. The van der Waals surface area contributed by atoms with Crippen LogP contribution in [0.3, 0.4) is 0 Å². The minimum absolute atomic E-state index is 0.0783. The summed E-state index contributed by atoms with van der Waals surface area (Å²) in [6.07, 6.45) is 3.81. The Labute approximate surface area is 111 Å². The molecule has 1 aromatic rings. The van der Waals surface area contributed by atoms with E-state index in [1.54, 1.807) is 18.3 Å². The first-order chi connectivity index (χ1) is 9.18. The molecule has 1 saturated heterocycles. The Morgan fingerprint density at radius 3 is 2.79 bits per heavy atom. The number of anilines is 1. The number of rotatable bonds is 5. The molecule has 2 N–H and O–H groups in total. The van der Waals surface area contributed by atoms with Crippen molar-refractivity contribution in [3.05, 3.63) is 23.9 Å². The van der Waals surface area contributed by atoms with Crippen molar-refractivity contribution in [1.29, 1.82) is 0 Å². The summed E-state index contributed by atoms with van der Waals surface area (Å²) in [5, 5.41) is 11.2. The Bertz CT molecular complexity index is 470. The van der Waals surface area contributed by atoms with Crippen LogP contribution in [0.15, 0.2) is 18.3 Å². The zero-order chi connectivity index (χ0) is 13.7. The Morgan fingerprint density at radius 2 is 2.11 bits per heavy atom. The first-order valence-electron chi connectivity index (χ1n) is 6.38. The first-order valence-corrected chi connectivity index (χ1v) is 6.38. The summed E-state index contributed by atoms with van der Waals surface area (Å²) in [6, 6.07) is 3.43. The fraction of sp³-hybridized carbons (Fsp3) is 0.462. The van der Waals surface area contributed by atoms with Crippen LogP contribution in [0.2, 0.25) is 0 Å². The Kier molecular flexibility index (Phi) is 4.33. The van der Waals surface area contributed by atoms with Gasteiger partial charge in [-0.15, -0.1) is 0 Å². The molecule has 6 nitrogen and oxygen atoms in total. The van der Waals surface area contributed by atoms with Crippen LogP contribution >= 0.6 is 0 Å². The summed E-state index contributed by atoms with van der Waals surface area (Å²) in [6.45, 7) is 1.95. The highest BCUT2D eigenvalue weighted by molar-refractivity contribution is 5.99. The van der Waals surface area contributed by atoms with E-state index in [9.17, 15) is 9.59 Å². The van der Waals surface area contributed by atoms with E-state index in [4.69, 9.17) is 5.11 Å². The quantitative estimate of drug-likeness (QED) is 0.824. The van der Waals surface area contributed by atoms with E-state index in [2.05, 4.69) is 15.2 Å². The lowest BCUT2D eigenvalue weighted by Crippen LogP contribution is -2.29. The second-order valence-corrected chi connectivity index (χ2v) is 4.47. The fourth-order valence-corrected chi connectivity index (χ4v) is 2.13. The summed E-state index contributed by atoms with van der Waals surface area (Å²) in [4.78, 5) is 28.8. The van der Waals surface area contributed by atoms with Gasteiger partial charge in [0.2, 0.25) is 0 Å². The third-order valence-electron chi connectivity index (χ3n) is 3.06. The number of amides is 1. The predicted molar refractivity (Wildman–Crippen MR) is 70.3 cm³/mol. The second-order valence-electron chi connectivity index (χ2n) is 4.47. The number of pyridine rings is 1. The van der Waals surface area contributed by atoms with Crippen molar-refractivity contribution in [3.63, 3.8) is 0 Å². The molecular weight excluding hydrogens is 246 g/mol. The number of carboxylic acid groups (broad SMARTS) is 1. The molecule has 0 bridgehead atoms. The van der Waals surface area contributed by atoms with Crippen molar-refractivity contribution >= 4 is 17.7 Å². The van der Waals surface area contributed by atoms with Crippen molar-refractivity contribution in [1.82, 2.24) is 10.3 Å². The molecular formula is C13H17N3O3. The van der Waals surface area contributed by atoms with Gasteiger partial charge in [0.05, 0.1) is 12.0 Å². The van der Waals surface area contributed by atoms with E-state index in [0.29, 0.717) is 11.4 Å². The first kappa shape index (κ1) is 13.3. The van der Waals surface area contributed by atoms with E-state index in [1.165, 1.54) is 0 Å². The van der Waals surface area contributed by atoms with Crippen molar-refractivity contribution in [2.24, 2.45) is 0 Å². The van der Waals surface area contributed by atoms with Gasteiger partial charge in [-0.1, -0.05) is 0 Å². The second kappa shape index (κ2) is 6.17. The summed E-state index contributed by atoms with van der Waals surface area (Å²) in [7, 11) is 0. The van der Waals surface area contributed by atoms with Gasteiger partial charge in [0.15, 0.2) is 0 Å². The Morgan fingerprint density at radius 1 is 1.37 bits per heavy atom. The van der Waals surface area contributed by atoms with Gasteiger partial charge >= 0.3 is 5.97 Å². The van der Waals surface area contributed by atoms with E-state index in [1.807, 2.05) is 0 Å². The molecule has 0 aliphatic carbocycles. The molecule has 0 aromatic carbocycles. The van der Waals surface area contributed by atoms with Gasteiger partial charge in [0.1, 0.15) is 5.82 Å². The number of aliphatic carboxylic acids is 1. The van der Waals surface area contributed by atoms with Crippen LogP contribution < -0.4 is 10.2 Å². The molecule has 102 valence electrons. The largest absolute Gasteiger partial charge is 0.481 e. The molecule has 1 amide bonds. The molecule has 1 aromatic heterocycles. The molecule has 0 saturated carbocycles. The number of carbonyl (C=O) groups is 2. The normalized spacial score (nSPS) is 14.4. The average molecular weight is 263 g/mol. The van der Waals surface area contributed by atoms with E-state index >= 15 is 0 Å². The molecule has 2 heterocycles. The van der Waals surface area contributed by atoms with Crippen LogP contribution in [0, 0.1) is 0 Å². The minimum atomic E-state index is -0.925. The van der Waals surface area contributed by atoms with Gasteiger partial charge in [-0.2, -0.15) is 0 Å². The molecule has 0 atom stereocenters. The molecule has 6 heteroatoms. The number of hydrogen-bond donors (Lipinski definition) is 2. The zero-order valence-corrected chi connectivity index (χ0v) is 10.6. The van der Waals surface area contributed by atoms with Crippen LogP contribution in [0.25, 0.3) is 0 Å². The molecule has 0 unspecified atom stereocenters. The van der Waals surface area contributed by atoms with Crippen LogP contribution in [0.1, 0.15) is 29.6 Å². The number of hydrogen-bond acceptors (Lipinski definition) is 4. The number of aromatic nitrogens is 1. The number of carboxylic acids is 1. The van der Waals surface area contributed by atoms with E-state index in [-0.39, 0.29) is 18.9 Å². The van der Waals surface area contributed by atoms with Gasteiger partial charge < -0.3 is 15.3 Å². The maximum absolute atomic E-state index is 12.0. The Balaban J connectivity index is 2.06. The van der Waals surface area contributed by atoms with Crippen molar-refractivity contribution < 1.29 is 14.7 Å². The highest BCUT2D eigenvalue weighted by Crippen LogP contribution is 2.21. The molecule has 2 rings (SSSR count). The third-order valence-corrected chi connectivity index (χ3v) is 3.06. The lowest BCUT2D eigenvalue weighted by atomic mass is 10.2. The molecule has 0 radical (unpaired) electrons. The highest BCUT2D eigenvalue weighted by atomic mass is 16.4. The zero-order valence-electron chi connectivity index (χ0n) is 10.6. The monoisotopic (exact) mass is 263 g/mol. The van der Waals surface area contributed by atoms with E-state index < -0.39 is 5.97 Å². The average Bonchev–Trinajstić information content (AvgIpc) is 2.92. The minimum Gasteiger partial charge on any atom is -0.481 e. The molecule has 1 aliphatic heterocycles. The van der Waals surface area contributed by atoms with Crippen LogP contribution in [0.4, 0.5) is 5.82 Å². The van der Waals surface area contributed by atoms with Crippen molar-refractivity contribution in [2.75, 3.05) is 24.5 Å². The summed E-state index contributed by atoms with van der Waals surface area (Å²) >= 11 is 0. The number of nitrogens with zero attached hydrogens (tertiary/aromatic N) is 2. The molecule has 19 heavy (non-hydrogen) atoms. The van der Waals surface area contributed by atoms with Gasteiger partial charge in [-0.05, 0) is 25.0 Å². The van der Waals surface area contributed by atoms with Gasteiger partial charge in [-0.3, -0.25) is 9.59 Å². The number of carbonyl (C=O) groups excluding carboxylic acids is 1. The van der Waals surface area contributed by atoms with Gasteiger partial charge in [0.25, 0.3) is 5.91 Å². The molecule has 1 aliphatic rings. The maximum Gasteiger partial charge on any atom is 0.305 e.